The molecule has 0 aromatic carbocycles. The highest BCUT2D eigenvalue weighted by Gasteiger charge is 1.87. The first kappa shape index (κ1) is 6.29. The normalized spacial score (nSPS) is 9.25. The third-order valence-electron chi connectivity index (χ3n) is 0.631. The van der Waals surface area contributed by atoms with Gasteiger partial charge >= 0.3 is 0 Å². The maximum atomic E-state index is 5.47. The molecule has 41 valence electrons. The Morgan fingerprint density at radius 3 is 2.88 bits per heavy atom. The number of hydrogen-bond acceptors (Lipinski definition) is 1. The molecular weight excluding hydrogens is 236 g/mol. The highest BCUT2D eigenvalue weighted by molar-refractivity contribution is 14.1. The van der Waals surface area contributed by atoms with Gasteiger partial charge in [0.2, 0.25) is 0 Å². The van der Waals surface area contributed by atoms with E-state index in [2.05, 4.69) is 33.6 Å². The van der Waals surface area contributed by atoms with E-state index >= 15 is 0 Å². The maximum Gasteiger partial charge on any atom is 0.138 e. The predicted octanol–water partition coefficient (Wildman–Crippen LogP) is 2.14. The lowest BCUT2D eigenvalue weighted by atomic mass is 10.5. The summed E-state index contributed by atoms with van der Waals surface area (Å²) in [7, 11) is 0. The Bertz CT molecular complexity index is 172. The van der Waals surface area contributed by atoms with Gasteiger partial charge in [0.25, 0.3) is 0 Å². The Hall–Kier alpha value is 0.170. The van der Waals surface area contributed by atoms with E-state index in [1.165, 1.54) is 0 Å². The lowest BCUT2D eigenvalue weighted by molar-refractivity contribution is 1.31. The second-order valence-electron chi connectivity index (χ2n) is 1.21. The van der Waals surface area contributed by atoms with Crippen LogP contribution >= 0.6 is 34.2 Å². The minimum atomic E-state index is 0.428. The van der Waals surface area contributed by atoms with Crippen molar-refractivity contribution in [1.29, 1.82) is 0 Å². The van der Waals surface area contributed by atoms with Gasteiger partial charge in [-0.1, -0.05) is 11.6 Å². The van der Waals surface area contributed by atoms with Crippen molar-refractivity contribution in [1.82, 2.24) is 4.98 Å². The molecular formula is C5H2ClIN. The molecule has 0 bridgehead atoms. The molecule has 0 unspecified atom stereocenters. The number of aromatic nitrogens is 1. The number of halogens is 2. The van der Waals surface area contributed by atoms with Crippen LogP contribution in [-0.4, -0.2) is 4.98 Å². The van der Waals surface area contributed by atoms with E-state index in [1.54, 1.807) is 6.20 Å². The molecule has 3 heteroatoms. The van der Waals surface area contributed by atoms with Crippen molar-refractivity contribution in [2.24, 2.45) is 0 Å². The van der Waals surface area contributed by atoms with Gasteiger partial charge in [-0.15, -0.1) is 0 Å². The second-order valence-corrected chi connectivity index (χ2v) is 2.73. The first-order valence-electron chi connectivity index (χ1n) is 1.98. The zero-order valence-electron chi connectivity index (χ0n) is 3.86. The number of pyridine rings is 1. The molecule has 1 heterocycles. The van der Waals surface area contributed by atoms with E-state index < -0.39 is 0 Å². The summed E-state index contributed by atoms with van der Waals surface area (Å²) >= 11 is 7.60. The fourth-order valence-corrected chi connectivity index (χ4v) is 1.07. The van der Waals surface area contributed by atoms with Crippen LogP contribution in [0.5, 0.6) is 0 Å². The summed E-state index contributed by atoms with van der Waals surface area (Å²) in [6.07, 6.45) is 1.65. The maximum absolute atomic E-state index is 5.47. The van der Waals surface area contributed by atoms with Gasteiger partial charge in [-0.2, -0.15) is 0 Å². The van der Waals surface area contributed by atoms with Crippen LogP contribution in [0.1, 0.15) is 0 Å². The van der Waals surface area contributed by atoms with Gasteiger partial charge in [0.15, 0.2) is 0 Å². The van der Waals surface area contributed by atoms with Crippen LogP contribution in [0.3, 0.4) is 0 Å². The number of hydrogen-bond donors (Lipinski definition) is 0. The largest absolute Gasteiger partial charge is 0.244 e. The van der Waals surface area contributed by atoms with Gasteiger partial charge in [-0.05, 0) is 28.7 Å². The minimum Gasteiger partial charge on any atom is -0.244 e. The van der Waals surface area contributed by atoms with Crippen molar-refractivity contribution in [3.05, 3.63) is 27.1 Å². The monoisotopic (exact) mass is 238 g/mol. The topological polar surface area (TPSA) is 12.9 Å². The van der Waals surface area contributed by atoms with Crippen molar-refractivity contribution in [3.8, 4) is 0 Å². The molecule has 0 fully saturated rings. The summed E-state index contributed by atoms with van der Waals surface area (Å²) in [6, 6.07) is 4.65. The zero-order valence-corrected chi connectivity index (χ0v) is 6.77. The molecule has 1 aromatic heterocycles. The zero-order chi connectivity index (χ0) is 5.98. The van der Waals surface area contributed by atoms with Crippen LogP contribution in [0.2, 0.25) is 5.15 Å². The lowest BCUT2D eigenvalue weighted by Gasteiger charge is -1.85. The van der Waals surface area contributed by atoms with Crippen molar-refractivity contribution in [2.75, 3.05) is 0 Å². The average Bonchev–Trinajstić information content (AvgIpc) is 1.64. The molecule has 0 saturated heterocycles. The Kier molecular flexibility index (Phi) is 2.08. The summed E-state index contributed by atoms with van der Waals surface area (Å²) in [5.41, 5.74) is 0. The van der Waals surface area contributed by atoms with Gasteiger partial charge in [0.05, 0.1) is 0 Å². The molecule has 0 aliphatic rings. The SMILES string of the molecule is Clc1[c]c(I)ccn1. The van der Waals surface area contributed by atoms with Gasteiger partial charge in [-0.25, -0.2) is 4.98 Å². The van der Waals surface area contributed by atoms with Crippen LogP contribution in [0, 0.1) is 9.64 Å². The Morgan fingerprint density at radius 1 is 1.75 bits per heavy atom. The highest BCUT2D eigenvalue weighted by atomic mass is 127. The fraction of sp³-hybridized carbons (Fsp3) is 0. The summed E-state index contributed by atoms with van der Waals surface area (Å²) in [6.45, 7) is 0. The fourth-order valence-electron chi connectivity index (χ4n) is 0.341. The van der Waals surface area contributed by atoms with Crippen LogP contribution < -0.4 is 0 Å². The second kappa shape index (κ2) is 2.64. The number of rotatable bonds is 0. The predicted molar refractivity (Wildman–Crippen MR) is 40.8 cm³/mol. The van der Waals surface area contributed by atoms with Crippen LogP contribution in [-0.2, 0) is 0 Å². The smallest absolute Gasteiger partial charge is 0.138 e. The average molecular weight is 238 g/mol. The van der Waals surface area contributed by atoms with E-state index in [9.17, 15) is 0 Å². The van der Waals surface area contributed by atoms with Gasteiger partial charge in [0.1, 0.15) is 5.15 Å². The van der Waals surface area contributed by atoms with Gasteiger partial charge in [-0.3, -0.25) is 0 Å². The molecule has 1 rings (SSSR count). The molecule has 0 aliphatic carbocycles. The molecule has 8 heavy (non-hydrogen) atoms. The van der Waals surface area contributed by atoms with E-state index in [0.29, 0.717) is 5.15 Å². The summed E-state index contributed by atoms with van der Waals surface area (Å²) in [5.74, 6) is 0. The summed E-state index contributed by atoms with van der Waals surface area (Å²) in [5, 5.41) is 0.428. The Labute approximate surface area is 66.2 Å². The molecule has 1 nitrogen and oxygen atoms in total. The molecule has 1 radical (unpaired) electrons. The van der Waals surface area contributed by atoms with Crippen molar-refractivity contribution < 1.29 is 0 Å². The third-order valence-corrected chi connectivity index (χ3v) is 1.45. The van der Waals surface area contributed by atoms with Crippen LogP contribution in [0.25, 0.3) is 0 Å². The van der Waals surface area contributed by atoms with Crippen molar-refractivity contribution >= 4 is 34.2 Å². The molecule has 0 atom stereocenters. The van der Waals surface area contributed by atoms with Crippen LogP contribution in [0.4, 0.5) is 0 Å². The molecule has 0 spiro atoms. The third kappa shape index (κ3) is 1.59. The van der Waals surface area contributed by atoms with Crippen LogP contribution in [0.15, 0.2) is 12.3 Å². The molecule has 0 saturated carbocycles. The first-order chi connectivity index (χ1) is 3.79. The first-order valence-corrected chi connectivity index (χ1v) is 3.44. The van der Waals surface area contributed by atoms with Gasteiger partial charge in [0, 0.05) is 15.8 Å². The van der Waals surface area contributed by atoms with Gasteiger partial charge < -0.3 is 0 Å². The standard InChI is InChI=1S/C5H2ClIN/c6-5-3-4(7)1-2-8-5/h1-2H. The van der Waals surface area contributed by atoms with Crippen molar-refractivity contribution in [3.63, 3.8) is 0 Å². The van der Waals surface area contributed by atoms with E-state index in [4.69, 9.17) is 11.6 Å². The molecule has 0 amide bonds. The quantitative estimate of drug-likeness (QED) is 0.498. The number of nitrogens with zero attached hydrogens (tertiary/aromatic N) is 1. The van der Waals surface area contributed by atoms with E-state index in [1.807, 2.05) is 6.07 Å². The Morgan fingerprint density at radius 2 is 2.50 bits per heavy atom. The Balaban J connectivity index is 3.08. The summed E-state index contributed by atoms with van der Waals surface area (Å²) < 4.78 is 0.989. The van der Waals surface area contributed by atoms with E-state index in [0.717, 1.165) is 3.57 Å². The molecule has 1 aromatic rings. The minimum absolute atomic E-state index is 0.428. The molecule has 0 aliphatic heterocycles. The lowest BCUT2D eigenvalue weighted by Crippen LogP contribution is -1.74. The molecule has 0 N–H and O–H groups in total. The van der Waals surface area contributed by atoms with E-state index in [-0.39, 0.29) is 0 Å². The van der Waals surface area contributed by atoms with Crippen molar-refractivity contribution in [2.45, 2.75) is 0 Å². The summed E-state index contributed by atoms with van der Waals surface area (Å²) in [4.78, 5) is 3.75. The highest BCUT2D eigenvalue weighted by Crippen LogP contribution is 2.06.